The molecule has 1 aromatic heterocycles. The molecule has 3 rings (SSSR count). The highest BCUT2D eigenvalue weighted by molar-refractivity contribution is 6.32. The number of hydrogen-bond donors (Lipinski definition) is 1. The number of nitrogens with zero attached hydrogens (tertiary/aromatic N) is 2. The van der Waals surface area contributed by atoms with Crippen LogP contribution in [0.25, 0.3) is 0 Å². The number of hydrogen-bond acceptors (Lipinski definition) is 3. The molecule has 2 heterocycles. The number of halogens is 2. The van der Waals surface area contributed by atoms with Gasteiger partial charge in [-0.2, -0.15) is 0 Å². The summed E-state index contributed by atoms with van der Waals surface area (Å²) >= 11 is 12.1. The van der Waals surface area contributed by atoms with Gasteiger partial charge in [-0.05, 0) is 38.3 Å². The Morgan fingerprint density at radius 1 is 1.20 bits per heavy atom. The molecule has 2 fully saturated rings. The van der Waals surface area contributed by atoms with E-state index >= 15 is 0 Å². The minimum absolute atomic E-state index is 0.464. The monoisotopic (exact) mass is 313 g/mol. The van der Waals surface area contributed by atoms with Crippen LogP contribution in [-0.2, 0) is 6.54 Å². The Balaban J connectivity index is 1.64. The van der Waals surface area contributed by atoms with E-state index in [1.54, 1.807) is 0 Å². The molecule has 1 unspecified atom stereocenters. The van der Waals surface area contributed by atoms with E-state index in [4.69, 9.17) is 23.2 Å². The van der Waals surface area contributed by atoms with Crippen LogP contribution in [0.2, 0.25) is 10.3 Å². The van der Waals surface area contributed by atoms with Crippen LogP contribution in [-0.4, -0.2) is 35.1 Å². The lowest BCUT2D eigenvalue weighted by atomic mass is 10.0. The van der Waals surface area contributed by atoms with Gasteiger partial charge in [-0.3, -0.25) is 4.90 Å². The fourth-order valence-electron chi connectivity index (χ4n) is 2.92. The van der Waals surface area contributed by atoms with Crippen molar-refractivity contribution in [3.63, 3.8) is 0 Å². The molecule has 1 aliphatic carbocycles. The molecule has 1 atom stereocenters. The Labute approximate surface area is 130 Å². The second kappa shape index (κ2) is 6.61. The summed E-state index contributed by atoms with van der Waals surface area (Å²) in [5.74, 6) is 0. The molecule has 0 radical (unpaired) electrons. The fraction of sp³-hybridized carbons (Fsp3) is 0.667. The molecule has 0 aromatic carbocycles. The predicted octanol–water partition coefficient (Wildman–Crippen LogP) is 3.49. The fourth-order valence-corrected chi connectivity index (χ4v) is 3.33. The summed E-state index contributed by atoms with van der Waals surface area (Å²) in [6.07, 6.45) is 6.57. The van der Waals surface area contributed by atoms with Crippen molar-refractivity contribution in [2.24, 2.45) is 0 Å². The molecule has 1 aliphatic heterocycles. The topological polar surface area (TPSA) is 28.2 Å². The second-order valence-electron chi connectivity index (χ2n) is 5.89. The quantitative estimate of drug-likeness (QED) is 0.843. The zero-order chi connectivity index (χ0) is 13.9. The highest BCUT2D eigenvalue weighted by atomic mass is 35.5. The van der Waals surface area contributed by atoms with Crippen molar-refractivity contribution in [2.75, 3.05) is 13.1 Å². The van der Waals surface area contributed by atoms with Gasteiger partial charge < -0.3 is 5.32 Å². The number of pyridine rings is 1. The molecular weight excluding hydrogens is 293 g/mol. The summed E-state index contributed by atoms with van der Waals surface area (Å²) in [7, 11) is 0. The van der Waals surface area contributed by atoms with Crippen molar-refractivity contribution in [3.8, 4) is 0 Å². The Morgan fingerprint density at radius 3 is 2.70 bits per heavy atom. The number of rotatable bonds is 5. The van der Waals surface area contributed by atoms with E-state index < -0.39 is 0 Å². The Morgan fingerprint density at radius 2 is 2.05 bits per heavy atom. The maximum absolute atomic E-state index is 6.20. The van der Waals surface area contributed by atoms with Crippen LogP contribution in [0.3, 0.4) is 0 Å². The summed E-state index contributed by atoms with van der Waals surface area (Å²) in [4.78, 5) is 6.70. The summed E-state index contributed by atoms with van der Waals surface area (Å²) in [5, 5.41) is 4.64. The van der Waals surface area contributed by atoms with E-state index in [0.29, 0.717) is 16.3 Å². The summed E-state index contributed by atoms with van der Waals surface area (Å²) < 4.78 is 0. The molecule has 5 heteroatoms. The number of aromatic nitrogens is 1. The highest BCUT2D eigenvalue weighted by Gasteiger charge is 2.31. The lowest BCUT2D eigenvalue weighted by Crippen LogP contribution is -2.44. The Bertz CT molecular complexity index is 456. The van der Waals surface area contributed by atoms with Crippen LogP contribution in [0.1, 0.15) is 37.7 Å². The predicted molar refractivity (Wildman–Crippen MR) is 83.3 cm³/mol. The third-order valence-corrected chi connectivity index (χ3v) is 4.73. The molecule has 3 nitrogen and oxygen atoms in total. The summed E-state index contributed by atoms with van der Waals surface area (Å²) in [6, 6.07) is 5.18. The average Bonchev–Trinajstić information content (AvgIpc) is 3.26. The van der Waals surface area contributed by atoms with Gasteiger partial charge in [-0.25, -0.2) is 4.98 Å². The lowest BCUT2D eigenvalue weighted by molar-refractivity contribution is 0.208. The van der Waals surface area contributed by atoms with Gasteiger partial charge in [-0.1, -0.05) is 35.7 Å². The summed E-state index contributed by atoms with van der Waals surface area (Å²) in [5.41, 5.74) is 1.08. The molecule has 0 bridgehead atoms. The van der Waals surface area contributed by atoms with Gasteiger partial charge in [0.1, 0.15) is 10.3 Å². The second-order valence-corrected chi connectivity index (χ2v) is 6.64. The number of nitrogens with one attached hydrogen (secondary N) is 1. The minimum atomic E-state index is 0.464. The molecule has 1 N–H and O–H groups in total. The largest absolute Gasteiger partial charge is 0.313 e. The zero-order valence-corrected chi connectivity index (χ0v) is 13.1. The standard InChI is InChI=1S/C15H21Cl2N3/c16-14-7-4-11(15(17)19-14)9-20(13-5-6-13)10-12-3-1-2-8-18-12/h4,7,12-13,18H,1-3,5-6,8-10H2. The molecule has 0 amide bonds. The first-order valence-corrected chi connectivity index (χ1v) is 8.26. The van der Waals surface area contributed by atoms with Gasteiger partial charge in [0.25, 0.3) is 0 Å². The van der Waals surface area contributed by atoms with Crippen LogP contribution < -0.4 is 5.32 Å². The first-order valence-electron chi connectivity index (χ1n) is 7.51. The van der Waals surface area contributed by atoms with Gasteiger partial charge in [0, 0.05) is 30.7 Å². The van der Waals surface area contributed by atoms with E-state index in [9.17, 15) is 0 Å². The van der Waals surface area contributed by atoms with Crippen LogP contribution in [0.5, 0.6) is 0 Å². The maximum Gasteiger partial charge on any atom is 0.135 e. The molecule has 2 aliphatic rings. The SMILES string of the molecule is Clc1ccc(CN(CC2CCCCN2)C2CC2)c(Cl)n1. The molecule has 20 heavy (non-hydrogen) atoms. The highest BCUT2D eigenvalue weighted by Crippen LogP contribution is 2.30. The molecule has 0 spiro atoms. The normalized spacial score (nSPS) is 23.2. The zero-order valence-electron chi connectivity index (χ0n) is 11.6. The maximum atomic E-state index is 6.20. The molecule has 1 saturated carbocycles. The van der Waals surface area contributed by atoms with E-state index in [0.717, 1.165) is 31.2 Å². The van der Waals surface area contributed by atoms with Gasteiger partial charge in [-0.15, -0.1) is 0 Å². The van der Waals surface area contributed by atoms with E-state index in [2.05, 4.69) is 15.2 Å². The van der Waals surface area contributed by atoms with Crippen molar-refractivity contribution >= 4 is 23.2 Å². The van der Waals surface area contributed by atoms with Crippen LogP contribution in [0, 0.1) is 0 Å². The van der Waals surface area contributed by atoms with Crippen molar-refractivity contribution in [1.29, 1.82) is 0 Å². The molecule has 1 aromatic rings. The summed E-state index contributed by atoms with van der Waals surface area (Å²) in [6.45, 7) is 3.15. The Kier molecular flexibility index (Phi) is 4.82. The van der Waals surface area contributed by atoms with Crippen molar-refractivity contribution in [1.82, 2.24) is 15.2 Å². The third kappa shape index (κ3) is 3.85. The number of piperidine rings is 1. The van der Waals surface area contributed by atoms with E-state index in [1.807, 2.05) is 12.1 Å². The Hall–Kier alpha value is -0.350. The first kappa shape index (κ1) is 14.6. The first-order chi connectivity index (χ1) is 9.72. The van der Waals surface area contributed by atoms with Crippen LogP contribution >= 0.6 is 23.2 Å². The van der Waals surface area contributed by atoms with Gasteiger partial charge in [0.05, 0.1) is 0 Å². The average molecular weight is 314 g/mol. The van der Waals surface area contributed by atoms with Gasteiger partial charge in [0.15, 0.2) is 0 Å². The smallest absolute Gasteiger partial charge is 0.135 e. The minimum Gasteiger partial charge on any atom is -0.313 e. The molecule has 1 saturated heterocycles. The molecular formula is C15H21Cl2N3. The molecule has 110 valence electrons. The van der Waals surface area contributed by atoms with Crippen molar-refractivity contribution in [2.45, 2.75) is 50.7 Å². The van der Waals surface area contributed by atoms with Crippen LogP contribution in [0.15, 0.2) is 12.1 Å². The van der Waals surface area contributed by atoms with Crippen molar-refractivity contribution < 1.29 is 0 Å². The lowest BCUT2D eigenvalue weighted by Gasteiger charge is -2.30. The van der Waals surface area contributed by atoms with E-state index in [1.165, 1.54) is 32.1 Å². The van der Waals surface area contributed by atoms with Gasteiger partial charge in [0.2, 0.25) is 0 Å². The van der Waals surface area contributed by atoms with Crippen molar-refractivity contribution in [3.05, 3.63) is 28.0 Å². The third-order valence-electron chi connectivity index (χ3n) is 4.20. The van der Waals surface area contributed by atoms with E-state index in [-0.39, 0.29) is 0 Å². The van der Waals surface area contributed by atoms with Crippen LogP contribution in [0.4, 0.5) is 0 Å². The van der Waals surface area contributed by atoms with Gasteiger partial charge >= 0.3 is 0 Å².